The lowest BCUT2D eigenvalue weighted by molar-refractivity contribution is 0.106. The number of aliphatic hydroxyl groups is 1. The van der Waals surface area contributed by atoms with Crippen LogP contribution in [-0.4, -0.2) is 43.5 Å². The van der Waals surface area contributed by atoms with Crippen molar-refractivity contribution in [2.45, 2.75) is 20.0 Å². The molecule has 0 radical (unpaired) electrons. The van der Waals surface area contributed by atoms with Crippen LogP contribution in [0.2, 0.25) is 0 Å². The SMILES string of the molecule is Cc1cccc(C)c1OCC(O)CNCCNC(N)=O. The third-order valence-electron chi connectivity index (χ3n) is 2.81. The Morgan fingerprint density at radius 2 is 2.00 bits per heavy atom. The van der Waals surface area contributed by atoms with Crippen LogP contribution in [0.1, 0.15) is 11.1 Å². The minimum Gasteiger partial charge on any atom is -0.490 e. The molecule has 1 aromatic carbocycles. The van der Waals surface area contributed by atoms with E-state index >= 15 is 0 Å². The van der Waals surface area contributed by atoms with Crippen molar-refractivity contribution >= 4 is 6.03 Å². The molecule has 6 heteroatoms. The van der Waals surface area contributed by atoms with Crippen LogP contribution in [0.15, 0.2) is 18.2 Å². The van der Waals surface area contributed by atoms with Gasteiger partial charge in [0.2, 0.25) is 0 Å². The second-order valence-electron chi connectivity index (χ2n) is 4.68. The minimum absolute atomic E-state index is 0.224. The largest absolute Gasteiger partial charge is 0.490 e. The van der Waals surface area contributed by atoms with Gasteiger partial charge in [0.1, 0.15) is 18.5 Å². The van der Waals surface area contributed by atoms with Gasteiger partial charge >= 0.3 is 6.03 Å². The smallest absolute Gasteiger partial charge is 0.312 e. The number of aryl methyl sites for hydroxylation is 2. The number of para-hydroxylation sites is 1. The van der Waals surface area contributed by atoms with Gasteiger partial charge in [0.15, 0.2) is 0 Å². The first kappa shape index (κ1) is 16.3. The summed E-state index contributed by atoms with van der Waals surface area (Å²) in [6, 6.07) is 5.37. The molecule has 6 nitrogen and oxygen atoms in total. The molecule has 0 aliphatic carbocycles. The highest BCUT2D eigenvalue weighted by Gasteiger charge is 2.08. The first-order chi connectivity index (χ1) is 9.50. The molecule has 1 atom stereocenters. The van der Waals surface area contributed by atoms with Crippen molar-refractivity contribution in [2.75, 3.05) is 26.2 Å². The van der Waals surface area contributed by atoms with Crippen molar-refractivity contribution in [3.8, 4) is 5.75 Å². The average Bonchev–Trinajstić information content (AvgIpc) is 2.37. The van der Waals surface area contributed by atoms with E-state index < -0.39 is 12.1 Å². The average molecular weight is 281 g/mol. The number of nitrogens with one attached hydrogen (secondary N) is 2. The van der Waals surface area contributed by atoms with Crippen LogP contribution < -0.4 is 21.1 Å². The maximum absolute atomic E-state index is 10.4. The number of urea groups is 1. The van der Waals surface area contributed by atoms with Crippen molar-refractivity contribution in [1.82, 2.24) is 10.6 Å². The number of carbonyl (C=O) groups is 1. The van der Waals surface area contributed by atoms with Gasteiger partial charge in [-0.1, -0.05) is 18.2 Å². The third-order valence-corrected chi connectivity index (χ3v) is 2.81. The summed E-state index contributed by atoms with van der Waals surface area (Å²) in [5.74, 6) is 0.821. The van der Waals surface area contributed by atoms with E-state index in [1.54, 1.807) is 0 Å². The Kier molecular flexibility index (Phi) is 6.83. The fraction of sp³-hybridized carbons (Fsp3) is 0.500. The third kappa shape index (κ3) is 5.90. The van der Waals surface area contributed by atoms with Gasteiger partial charge in [-0.25, -0.2) is 4.79 Å². The normalized spacial score (nSPS) is 11.9. The molecule has 0 aliphatic rings. The lowest BCUT2D eigenvalue weighted by Crippen LogP contribution is -2.38. The number of primary amides is 1. The van der Waals surface area contributed by atoms with E-state index in [9.17, 15) is 9.90 Å². The van der Waals surface area contributed by atoms with E-state index in [0.717, 1.165) is 16.9 Å². The number of carbonyl (C=O) groups excluding carboxylic acids is 1. The van der Waals surface area contributed by atoms with Crippen molar-refractivity contribution in [1.29, 1.82) is 0 Å². The molecule has 0 bridgehead atoms. The van der Waals surface area contributed by atoms with Gasteiger partial charge in [0.05, 0.1) is 0 Å². The van der Waals surface area contributed by atoms with E-state index in [0.29, 0.717) is 19.6 Å². The van der Waals surface area contributed by atoms with Crippen molar-refractivity contribution in [3.05, 3.63) is 29.3 Å². The molecule has 112 valence electrons. The van der Waals surface area contributed by atoms with Crippen LogP contribution in [-0.2, 0) is 0 Å². The molecule has 2 amide bonds. The van der Waals surface area contributed by atoms with Crippen LogP contribution in [0, 0.1) is 13.8 Å². The van der Waals surface area contributed by atoms with E-state index in [1.165, 1.54) is 0 Å². The first-order valence-electron chi connectivity index (χ1n) is 6.61. The second kappa shape index (κ2) is 8.39. The Hall–Kier alpha value is -1.79. The highest BCUT2D eigenvalue weighted by Crippen LogP contribution is 2.22. The van der Waals surface area contributed by atoms with Crippen molar-refractivity contribution < 1.29 is 14.6 Å². The van der Waals surface area contributed by atoms with Crippen LogP contribution in [0.4, 0.5) is 4.79 Å². The monoisotopic (exact) mass is 281 g/mol. The topological polar surface area (TPSA) is 96.6 Å². The van der Waals surface area contributed by atoms with Gasteiger partial charge in [-0.05, 0) is 25.0 Å². The molecule has 5 N–H and O–H groups in total. The Balaban J connectivity index is 2.23. The summed E-state index contributed by atoms with van der Waals surface area (Å²) >= 11 is 0. The molecular formula is C14H23N3O3. The quantitative estimate of drug-likeness (QED) is 0.515. The van der Waals surface area contributed by atoms with Gasteiger partial charge < -0.3 is 26.2 Å². The highest BCUT2D eigenvalue weighted by molar-refractivity contribution is 5.71. The Bertz CT molecular complexity index is 417. The lowest BCUT2D eigenvalue weighted by atomic mass is 10.1. The molecule has 0 spiro atoms. The summed E-state index contributed by atoms with van der Waals surface area (Å²) in [5.41, 5.74) is 7.03. The summed E-state index contributed by atoms with van der Waals surface area (Å²) in [5, 5.41) is 15.3. The minimum atomic E-state index is -0.609. The molecule has 1 aromatic rings. The molecule has 0 saturated heterocycles. The summed E-state index contributed by atoms with van der Waals surface area (Å²) < 4.78 is 5.64. The lowest BCUT2D eigenvalue weighted by Gasteiger charge is -2.16. The number of hydrogen-bond donors (Lipinski definition) is 4. The molecule has 0 heterocycles. The summed E-state index contributed by atoms with van der Waals surface area (Å²) in [6.07, 6.45) is -0.609. The Labute approximate surface area is 119 Å². The molecule has 0 fully saturated rings. The van der Waals surface area contributed by atoms with Gasteiger partial charge in [0.25, 0.3) is 0 Å². The molecular weight excluding hydrogens is 258 g/mol. The zero-order valence-corrected chi connectivity index (χ0v) is 12.0. The maximum atomic E-state index is 10.4. The summed E-state index contributed by atoms with van der Waals surface area (Å²) in [4.78, 5) is 10.4. The zero-order chi connectivity index (χ0) is 15.0. The molecule has 0 aromatic heterocycles. The van der Waals surface area contributed by atoms with Gasteiger partial charge in [0, 0.05) is 19.6 Å². The number of rotatable bonds is 8. The zero-order valence-electron chi connectivity index (χ0n) is 12.0. The second-order valence-corrected chi connectivity index (χ2v) is 4.68. The number of hydrogen-bond acceptors (Lipinski definition) is 4. The fourth-order valence-electron chi connectivity index (χ4n) is 1.81. The molecule has 20 heavy (non-hydrogen) atoms. The van der Waals surface area contributed by atoms with Crippen LogP contribution in [0.25, 0.3) is 0 Å². The van der Waals surface area contributed by atoms with Crippen molar-refractivity contribution in [2.24, 2.45) is 5.73 Å². The number of benzene rings is 1. The van der Waals surface area contributed by atoms with Crippen LogP contribution in [0.3, 0.4) is 0 Å². The molecule has 0 saturated carbocycles. The van der Waals surface area contributed by atoms with E-state index in [-0.39, 0.29) is 6.61 Å². The van der Waals surface area contributed by atoms with E-state index in [1.807, 2.05) is 32.0 Å². The van der Waals surface area contributed by atoms with Gasteiger partial charge in [-0.2, -0.15) is 0 Å². The Morgan fingerprint density at radius 3 is 2.60 bits per heavy atom. The van der Waals surface area contributed by atoms with Gasteiger partial charge in [-0.15, -0.1) is 0 Å². The van der Waals surface area contributed by atoms with Crippen LogP contribution in [0.5, 0.6) is 5.75 Å². The fourth-order valence-corrected chi connectivity index (χ4v) is 1.81. The highest BCUT2D eigenvalue weighted by atomic mass is 16.5. The predicted molar refractivity (Wildman–Crippen MR) is 77.9 cm³/mol. The number of nitrogens with two attached hydrogens (primary N) is 1. The number of amides is 2. The predicted octanol–water partition coefficient (Wildman–Crippen LogP) is 0.301. The van der Waals surface area contributed by atoms with E-state index in [2.05, 4.69) is 10.6 Å². The van der Waals surface area contributed by atoms with E-state index in [4.69, 9.17) is 10.5 Å². The standard InChI is InChI=1S/C14H23N3O3/c1-10-4-3-5-11(2)13(10)20-9-12(18)8-16-6-7-17-14(15)19/h3-5,12,16,18H,6-9H2,1-2H3,(H3,15,17,19). The van der Waals surface area contributed by atoms with Gasteiger partial charge in [-0.3, -0.25) is 0 Å². The summed E-state index contributed by atoms with van der Waals surface area (Å²) in [7, 11) is 0. The number of aliphatic hydroxyl groups excluding tert-OH is 1. The molecule has 0 aliphatic heterocycles. The first-order valence-corrected chi connectivity index (χ1v) is 6.61. The molecule has 1 unspecified atom stereocenters. The maximum Gasteiger partial charge on any atom is 0.312 e. The summed E-state index contributed by atoms with van der Waals surface area (Å²) in [6.45, 7) is 5.54. The Morgan fingerprint density at radius 1 is 1.35 bits per heavy atom. The van der Waals surface area contributed by atoms with Crippen LogP contribution >= 0.6 is 0 Å². The number of ether oxygens (including phenoxy) is 1. The molecule has 1 rings (SSSR count). The van der Waals surface area contributed by atoms with Crippen molar-refractivity contribution in [3.63, 3.8) is 0 Å².